The van der Waals surface area contributed by atoms with Crippen molar-refractivity contribution in [3.05, 3.63) is 33.3 Å². The summed E-state index contributed by atoms with van der Waals surface area (Å²) in [5.41, 5.74) is 6.29. The Morgan fingerprint density at radius 2 is 2.10 bits per heavy atom. The molecule has 20 heavy (non-hydrogen) atoms. The lowest BCUT2D eigenvalue weighted by Crippen LogP contribution is -2.39. The molecule has 2 N–H and O–H groups in total. The monoisotopic (exact) mass is 299 g/mol. The minimum absolute atomic E-state index is 0.0793. The largest absolute Gasteiger partial charge is 0.365 e. The number of nitrogens with two attached hydrogens (primary N) is 1. The van der Waals surface area contributed by atoms with E-state index in [2.05, 4.69) is 0 Å². The van der Waals surface area contributed by atoms with Crippen LogP contribution in [0.4, 0.5) is 11.4 Å². The third-order valence-electron chi connectivity index (χ3n) is 3.14. The molecular formula is C14H22ClN3O2. The van der Waals surface area contributed by atoms with Crippen LogP contribution < -0.4 is 10.6 Å². The van der Waals surface area contributed by atoms with Gasteiger partial charge in [-0.2, -0.15) is 0 Å². The topological polar surface area (TPSA) is 72.4 Å². The van der Waals surface area contributed by atoms with Crippen LogP contribution in [0.1, 0.15) is 27.2 Å². The van der Waals surface area contributed by atoms with E-state index >= 15 is 0 Å². The second kappa shape index (κ2) is 6.90. The number of anilines is 1. The highest BCUT2D eigenvalue weighted by atomic mass is 35.5. The Bertz CT molecular complexity index is 477. The number of hydrogen-bond acceptors (Lipinski definition) is 4. The fourth-order valence-corrected chi connectivity index (χ4v) is 2.21. The summed E-state index contributed by atoms with van der Waals surface area (Å²) in [6.07, 6.45) is 0.893. The maximum atomic E-state index is 11.2. The summed E-state index contributed by atoms with van der Waals surface area (Å²) < 4.78 is 0. The first kappa shape index (κ1) is 16.7. The van der Waals surface area contributed by atoms with Crippen molar-refractivity contribution in [2.24, 2.45) is 11.1 Å². The summed E-state index contributed by atoms with van der Waals surface area (Å²) in [5, 5.41) is 11.7. The summed E-state index contributed by atoms with van der Waals surface area (Å²) in [6, 6.07) is 4.65. The average molecular weight is 300 g/mol. The summed E-state index contributed by atoms with van der Waals surface area (Å²) in [7, 11) is 0. The smallest absolute Gasteiger partial charge is 0.292 e. The van der Waals surface area contributed by atoms with E-state index in [0.717, 1.165) is 13.0 Å². The third kappa shape index (κ3) is 4.35. The van der Waals surface area contributed by atoms with Gasteiger partial charge in [0, 0.05) is 24.2 Å². The molecule has 1 rings (SSSR count). The molecule has 6 heteroatoms. The fraction of sp³-hybridized carbons (Fsp3) is 0.571. The maximum Gasteiger partial charge on any atom is 0.292 e. The molecule has 0 saturated carbocycles. The first-order valence-electron chi connectivity index (χ1n) is 6.69. The molecule has 1 aromatic rings. The van der Waals surface area contributed by atoms with Gasteiger partial charge in [0.2, 0.25) is 0 Å². The Balaban J connectivity index is 3.20. The number of hydrogen-bond donors (Lipinski definition) is 1. The third-order valence-corrected chi connectivity index (χ3v) is 3.37. The predicted octanol–water partition coefficient (Wildman–Crippen LogP) is 3.45. The van der Waals surface area contributed by atoms with Crippen molar-refractivity contribution < 1.29 is 4.92 Å². The van der Waals surface area contributed by atoms with Gasteiger partial charge in [0.15, 0.2) is 0 Å². The Labute approximate surface area is 124 Å². The number of nitro benzene ring substituents is 1. The molecule has 0 saturated heterocycles. The van der Waals surface area contributed by atoms with Gasteiger partial charge in [0.05, 0.1) is 4.92 Å². The molecule has 0 aromatic heterocycles. The Hall–Kier alpha value is -1.33. The van der Waals surface area contributed by atoms with Crippen molar-refractivity contribution in [1.82, 2.24) is 0 Å². The molecule has 0 unspecified atom stereocenters. The van der Waals surface area contributed by atoms with E-state index in [1.165, 1.54) is 6.07 Å². The number of nitrogens with zero attached hydrogens (tertiary/aromatic N) is 2. The van der Waals surface area contributed by atoms with Gasteiger partial charge in [0.1, 0.15) is 5.69 Å². The molecule has 0 bridgehead atoms. The summed E-state index contributed by atoms with van der Waals surface area (Å²) in [4.78, 5) is 12.8. The van der Waals surface area contributed by atoms with Gasteiger partial charge < -0.3 is 10.6 Å². The van der Waals surface area contributed by atoms with Gasteiger partial charge in [-0.25, -0.2) is 0 Å². The standard InChI is InChI=1S/C14H22ClN3O2/c1-4-7-17(10-14(2,3)9-16)13-8-11(15)5-6-12(13)18(19)20/h5-6,8H,4,7,9-10,16H2,1-3H3. The lowest BCUT2D eigenvalue weighted by molar-refractivity contribution is -0.384. The number of benzene rings is 1. The van der Waals surface area contributed by atoms with E-state index in [-0.39, 0.29) is 16.0 Å². The molecule has 0 amide bonds. The van der Waals surface area contributed by atoms with Crippen LogP contribution in [0.3, 0.4) is 0 Å². The maximum absolute atomic E-state index is 11.2. The van der Waals surface area contributed by atoms with Crippen molar-refractivity contribution in [2.75, 3.05) is 24.5 Å². The fourth-order valence-electron chi connectivity index (χ4n) is 2.04. The summed E-state index contributed by atoms with van der Waals surface area (Å²) >= 11 is 6.00. The molecule has 0 aliphatic carbocycles. The predicted molar refractivity (Wildman–Crippen MR) is 83.4 cm³/mol. The van der Waals surface area contributed by atoms with Crippen LogP contribution in [0, 0.1) is 15.5 Å². The molecule has 0 atom stereocenters. The van der Waals surface area contributed by atoms with Gasteiger partial charge >= 0.3 is 0 Å². The van der Waals surface area contributed by atoms with Crippen molar-refractivity contribution >= 4 is 23.0 Å². The average Bonchev–Trinajstić information content (AvgIpc) is 2.37. The molecule has 1 aromatic carbocycles. The molecule has 112 valence electrons. The zero-order chi connectivity index (χ0) is 15.3. The highest BCUT2D eigenvalue weighted by Gasteiger charge is 2.25. The van der Waals surface area contributed by atoms with Crippen LogP contribution >= 0.6 is 11.6 Å². The minimum Gasteiger partial charge on any atom is -0.365 e. The van der Waals surface area contributed by atoms with Crippen LogP contribution in [-0.4, -0.2) is 24.6 Å². The first-order chi connectivity index (χ1) is 9.30. The van der Waals surface area contributed by atoms with Crippen LogP contribution in [0.2, 0.25) is 5.02 Å². The zero-order valence-electron chi connectivity index (χ0n) is 12.2. The van der Waals surface area contributed by atoms with Crippen LogP contribution in [0.15, 0.2) is 18.2 Å². The van der Waals surface area contributed by atoms with Gasteiger partial charge in [-0.1, -0.05) is 32.4 Å². The van der Waals surface area contributed by atoms with Gasteiger partial charge in [-0.3, -0.25) is 10.1 Å². The number of rotatable bonds is 7. The van der Waals surface area contributed by atoms with Crippen LogP contribution in [-0.2, 0) is 0 Å². The van der Waals surface area contributed by atoms with Gasteiger partial charge in [0.25, 0.3) is 5.69 Å². The second-order valence-electron chi connectivity index (χ2n) is 5.68. The molecule has 0 aliphatic heterocycles. The van der Waals surface area contributed by atoms with Crippen LogP contribution in [0.5, 0.6) is 0 Å². The Kier molecular flexibility index (Phi) is 5.77. The lowest BCUT2D eigenvalue weighted by Gasteiger charge is -2.33. The summed E-state index contributed by atoms with van der Waals surface area (Å²) in [6.45, 7) is 8.03. The summed E-state index contributed by atoms with van der Waals surface area (Å²) in [5.74, 6) is 0. The first-order valence-corrected chi connectivity index (χ1v) is 7.07. The van der Waals surface area contributed by atoms with E-state index in [1.54, 1.807) is 12.1 Å². The van der Waals surface area contributed by atoms with E-state index in [0.29, 0.717) is 23.8 Å². The molecule has 0 fully saturated rings. The minimum atomic E-state index is -0.371. The van der Waals surface area contributed by atoms with E-state index in [1.807, 2.05) is 25.7 Å². The Morgan fingerprint density at radius 3 is 2.60 bits per heavy atom. The molecule has 0 heterocycles. The zero-order valence-corrected chi connectivity index (χ0v) is 13.0. The highest BCUT2D eigenvalue weighted by molar-refractivity contribution is 6.31. The van der Waals surface area contributed by atoms with Crippen LogP contribution in [0.25, 0.3) is 0 Å². The molecule has 0 aliphatic rings. The molecule has 5 nitrogen and oxygen atoms in total. The van der Waals surface area contributed by atoms with Crippen molar-refractivity contribution in [1.29, 1.82) is 0 Å². The Morgan fingerprint density at radius 1 is 1.45 bits per heavy atom. The van der Waals surface area contributed by atoms with Gasteiger partial charge in [-0.05, 0) is 30.5 Å². The van der Waals surface area contributed by atoms with E-state index < -0.39 is 0 Å². The normalized spacial score (nSPS) is 11.4. The number of halogens is 1. The SMILES string of the molecule is CCCN(CC(C)(C)CN)c1cc(Cl)ccc1[N+](=O)[O-]. The van der Waals surface area contributed by atoms with Gasteiger partial charge in [-0.15, -0.1) is 0 Å². The molecule has 0 spiro atoms. The molecule has 0 radical (unpaired) electrons. The van der Waals surface area contributed by atoms with Crippen molar-refractivity contribution in [3.63, 3.8) is 0 Å². The number of nitro groups is 1. The lowest BCUT2D eigenvalue weighted by atomic mass is 9.92. The second-order valence-corrected chi connectivity index (χ2v) is 6.12. The van der Waals surface area contributed by atoms with E-state index in [9.17, 15) is 10.1 Å². The molecular weight excluding hydrogens is 278 g/mol. The highest BCUT2D eigenvalue weighted by Crippen LogP contribution is 2.33. The van der Waals surface area contributed by atoms with E-state index in [4.69, 9.17) is 17.3 Å². The van der Waals surface area contributed by atoms with Crippen molar-refractivity contribution in [2.45, 2.75) is 27.2 Å². The van der Waals surface area contributed by atoms with Crippen molar-refractivity contribution in [3.8, 4) is 0 Å². The quantitative estimate of drug-likeness (QED) is 0.618.